The number of aromatic nitrogens is 2. The van der Waals surface area contributed by atoms with Gasteiger partial charge in [-0.15, -0.1) is 0 Å². The molecule has 2 N–H and O–H groups in total. The summed E-state index contributed by atoms with van der Waals surface area (Å²) in [4.78, 5) is 30.8. The molecule has 4 rings (SSSR count). The summed E-state index contributed by atoms with van der Waals surface area (Å²) in [5.74, 6) is -0.903. The van der Waals surface area contributed by atoms with Gasteiger partial charge in [0.25, 0.3) is 0 Å². The number of aryl methyl sites for hydroxylation is 2. The number of ether oxygens (including phenoxy) is 2. The van der Waals surface area contributed by atoms with E-state index < -0.39 is 5.97 Å². The van der Waals surface area contributed by atoms with Crippen molar-refractivity contribution in [3.8, 4) is 0 Å². The summed E-state index contributed by atoms with van der Waals surface area (Å²) in [5, 5.41) is 7.17. The molecule has 186 valence electrons. The summed E-state index contributed by atoms with van der Waals surface area (Å²) in [6.07, 6.45) is 5.05. The fraction of sp³-hybridized carbons (Fsp3) is 0.444. The topological polar surface area (TPSA) is 94.5 Å². The van der Waals surface area contributed by atoms with E-state index in [9.17, 15) is 9.59 Å². The predicted octanol–water partition coefficient (Wildman–Crippen LogP) is 4.64. The number of hydrogen-bond acceptors (Lipinski definition) is 6. The van der Waals surface area contributed by atoms with E-state index in [1.165, 1.54) is 12.7 Å². The predicted molar refractivity (Wildman–Crippen MR) is 137 cm³/mol. The summed E-state index contributed by atoms with van der Waals surface area (Å²) < 4.78 is 12.4. The van der Waals surface area contributed by atoms with Crippen LogP contribution in [0.4, 0.5) is 11.4 Å². The Morgan fingerprint density at radius 3 is 2.77 bits per heavy atom. The number of anilines is 2. The van der Waals surface area contributed by atoms with Gasteiger partial charge in [-0.05, 0) is 44.2 Å². The molecule has 1 saturated heterocycles. The van der Waals surface area contributed by atoms with E-state index in [4.69, 9.17) is 14.5 Å². The fourth-order valence-electron chi connectivity index (χ4n) is 4.40. The zero-order valence-corrected chi connectivity index (χ0v) is 20.7. The van der Waals surface area contributed by atoms with Gasteiger partial charge in [0.2, 0.25) is 5.91 Å². The molecule has 0 radical (unpaired) electrons. The lowest BCUT2D eigenvalue weighted by molar-refractivity contribution is -0.119. The molecule has 0 unspecified atom stereocenters. The summed E-state index contributed by atoms with van der Waals surface area (Å²) in [5.41, 5.74) is 3.47. The molecule has 1 aliphatic rings. The number of pyridine rings is 1. The fourth-order valence-corrected chi connectivity index (χ4v) is 4.40. The van der Waals surface area contributed by atoms with E-state index in [0.29, 0.717) is 48.6 Å². The van der Waals surface area contributed by atoms with Crippen LogP contribution in [-0.2, 0) is 27.2 Å². The third kappa shape index (κ3) is 5.65. The number of esters is 1. The number of nitrogens with one attached hydrogen (secondary N) is 2. The van der Waals surface area contributed by atoms with Gasteiger partial charge in [-0.2, -0.15) is 0 Å². The molecule has 0 aliphatic carbocycles. The summed E-state index contributed by atoms with van der Waals surface area (Å²) in [6.45, 7) is 5.71. The first-order valence-corrected chi connectivity index (χ1v) is 12.3. The van der Waals surface area contributed by atoms with Crippen LogP contribution >= 0.6 is 0 Å². The van der Waals surface area contributed by atoms with Crippen LogP contribution in [-0.4, -0.2) is 47.8 Å². The minimum atomic E-state index is -0.503. The van der Waals surface area contributed by atoms with Crippen LogP contribution in [0.15, 0.2) is 42.6 Å². The van der Waals surface area contributed by atoms with Crippen LogP contribution in [0.3, 0.4) is 0 Å². The molecule has 0 bridgehead atoms. The molecule has 1 aromatic carbocycles. The van der Waals surface area contributed by atoms with Crippen LogP contribution in [0.2, 0.25) is 0 Å². The van der Waals surface area contributed by atoms with Crippen LogP contribution in [0.5, 0.6) is 0 Å². The Balaban J connectivity index is 1.74. The van der Waals surface area contributed by atoms with Gasteiger partial charge in [0.15, 0.2) is 5.69 Å². The minimum Gasteiger partial charge on any atom is -0.464 e. The smallest absolute Gasteiger partial charge is 0.356 e. The molecule has 3 aromatic rings. The number of carbonyl (C=O) groups is 2. The Bertz CT molecular complexity index is 1170. The standard InChI is InChI=1S/C27H34N4O4/c1-4-18(2)29-21-15-22-23(30-26(32)20-12-14-35-17-20)24(27(33)34-3)31(25(22)28-16-21)13-8-11-19-9-6-5-7-10-19/h5-7,9-10,15-16,18,20,29H,4,8,11-14,17H2,1-3H3,(H,30,32)/t18-,20+/m0/s1. The number of rotatable bonds is 10. The number of methoxy groups -OCH3 is 1. The maximum absolute atomic E-state index is 13.1. The van der Waals surface area contributed by atoms with Crippen molar-refractivity contribution in [1.29, 1.82) is 0 Å². The summed E-state index contributed by atoms with van der Waals surface area (Å²) in [7, 11) is 1.36. The van der Waals surface area contributed by atoms with Crippen molar-refractivity contribution < 1.29 is 19.1 Å². The molecule has 2 atom stereocenters. The van der Waals surface area contributed by atoms with E-state index in [-0.39, 0.29) is 17.9 Å². The van der Waals surface area contributed by atoms with Gasteiger partial charge < -0.3 is 24.7 Å². The monoisotopic (exact) mass is 478 g/mol. The van der Waals surface area contributed by atoms with Gasteiger partial charge in [-0.3, -0.25) is 4.79 Å². The number of hydrogen-bond donors (Lipinski definition) is 2. The zero-order chi connectivity index (χ0) is 24.8. The van der Waals surface area contributed by atoms with Crippen molar-refractivity contribution in [2.75, 3.05) is 31.0 Å². The second-order valence-corrected chi connectivity index (χ2v) is 9.05. The largest absolute Gasteiger partial charge is 0.464 e. The Morgan fingerprint density at radius 1 is 1.29 bits per heavy atom. The van der Waals surface area contributed by atoms with Crippen molar-refractivity contribution in [2.24, 2.45) is 5.92 Å². The highest BCUT2D eigenvalue weighted by molar-refractivity contribution is 6.11. The van der Waals surface area contributed by atoms with Crippen molar-refractivity contribution in [3.63, 3.8) is 0 Å². The summed E-state index contributed by atoms with van der Waals surface area (Å²) in [6, 6.07) is 12.4. The number of amides is 1. The number of fused-ring (bicyclic) bond motifs is 1. The number of nitrogens with zero attached hydrogens (tertiary/aromatic N) is 2. The molecule has 8 heteroatoms. The average Bonchev–Trinajstić information content (AvgIpc) is 3.52. The van der Waals surface area contributed by atoms with E-state index in [1.807, 2.05) is 28.8 Å². The lowest BCUT2D eigenvalue weighted by Crippen LogP contribution is -2.24. The molecule has 8 nitrogen and oxygen atoms in total. The molecule has 0 spiro atoms. The van der Waals surface area contributed by atoms with Gasteiger partial charge in [0.1, 0.15) is 5.65 Å². The molecule has 1 amide bonds. The van der Waals surface area contributed by atoms with Crippen LogP contribution in [0.25, 0.3) is 11.0 Å². The Labute approximate surface area is 206 Å². The molecule has 1 fully saturated rings. The van der Waals surface area contributed by atoms with Crippen LogP contribution < -0.4 is 10.6 Å². The lowest BCUT2D eigenvalue weighted by Gasteiger charge is -2.13. The normalized spacial score (nSPS) is 16.3. The van der Waals surface area contributed by atoms with Gasteiger partial charge in [-0.1, -0.05) is 37.3 Å². The second-order valence-electron chi connectivity index (χ2n) is 9.05. The Kier molecular flexibility index (Phi) is 8.02. The average molecular weight is 479 g/mol. The third-order valence-electron chi connectivity index (χ3n) is 6.54. The quantitative estimate of drug-likeness (QED) is 0.412. The highest BCUT2D eigenvalue weighted by atomic mass is 16.5. The summed E-state index contributed by atoms with van der Waals surface area (Å²) >= 11 is 0. The zero-order valence-electron chi connectivity index (χ0n) is 20.7. The minimum absolute atomic E-state index is 0.156. The molecule has 35 heavy (non-hydrogen) atoms. The Morgan fingerprint density at radius 2 is 2.09 bits per heavy atom. The molecule has 2 aromatic heterocycles. The first kappa shape index (κ1) is 24.7. The Hall–Kier alpha value is -3.39. The van der Waals surface area contributed by atoms with E-state index in [2.05, 4.69) is 36.6 Å². The SMILES string of the molecule is CC[C@H](C)Nc1cnc2c(c1)c(NC(=O)[C@@H]1CCOC1)c(C(=O)OC)n2CCCc1ccccc1. The van der Waals surface area contributed by atoms with E-state index in [1.54, 1.807) is 6.20 Å². The molecule has 1 aliphatic heterocycles. The van der Waals surface area contributed by atoms with Crippen LogP contribution in [0, 0.1) is 5.92 Å². The van der Waals surface area contributed by atoms with Gasteiger partial charge in [0, 0.05) is 24.6 Å². The second kappa shape index (κ2) is 11.4. The molecular formula is C27H34N4O4. The van der Waals surface area contributed by atoms with Crippen molar-refractivity contribution in [3.05, 3.63) is 53.9 Å². The van der Waals surface area contributed by atoms with Gasteiger partial charge in [0.05, 0.1) is 37.2 Å². The first-order chi connectivity index (χ1) is 17.0. The maximum atomic E-state index is 13.1. The molecule has 0 saturated carbocycles. The lowest BCUT2D eigenvalue weighted by atomic mass is 10.1. The van der Waals surface area contributed by atoms with Crippen LogP contribution in [0.1, 0.15) is 49.2 Å². The molecule has 3 heterocycles. The van der Waals surface area contributed by atoms with Crippen molar-refractivity contribution >= 4 is 34.3 Å². The van der Waals surface area contributed by atoms with E-state index in [0.717, 1.165) is 24.9 Å². The first-order valence-electron chi connectivity index (χ1n) is 12.3. The number of carbonyl (C=O) groups excluding carboxylic acids is 2. The highest BCUT2D eigenvalue weighted by Gasteiger charge is 2.29. The molecular weight excluding hydrogens is 444 g/mol. The van der Waals surface area contributed by atoms with Crippen molar-refractivity contribution in [1.82, 2.24) is 9.55 Å². The van der Waals surface area contributed by atoms with Gasteiger partial charge >= 0.3 is 5.97 Å². The third-order valence-corrected chi connectivity index (χ3v) is 6.54. The highest BCUT2D eigenvalue weighted by Crippen LogP contribution is 2.34. The number of benzene rings is 1. The van der Waals surface area contributed by atoms with E-state index >= 15 is 0 Å². The van der Waals surface area contributed by atoms with Crippen molar-refractivity contribution in [2.45, 2.75) is 52.1 Å². The van der Waals surface area contributed by atoms with Gasteiger partial charge in [-0.25, -0.2) is 9.78 Å². The maximum Gasteiger partial charge on any atom is 0.356 e.